The summed E-state index contributed by atoms with van der Waals surface area (Å²) in [5.74, 6) is -0.616. The summed E-state index contributed by atoms with van der Waals surface area (Å²) >= 11 is 0. The standard InChI is InChI=1S/C22H28N4O5S2/c1-6-26(7-2)33(30,31)20-12-16(3)17(4)21(13-20)24-22(27)15-25(5)32(28,29)19-10-8-18(14-23)9-11-19/h8-13H,6-7,15H2,1-5H3,(H,24,27). The van der Waals surface area contributed by atoms with Crippen LogP contribution in [0.4, 0.5) is 5.69 Å². The summed E-state index contributed by atoms with van der Waals surface area (Å²) in [7, 11) is -6.42. The van der Waals surface area contributed by atoms with Crippen LogP contribution in [0.25, 0.3) is 0 Å². The second-order valence-electron chi connectivity index (χ2n) is 7.45. The van der Waals surface area contributed by atoms with Crippen molar-refractivity contribution in [1.82, 2.24) is 8.61 Å². The number of likely N-dealkylation sites (N-methyl/N-ethyl adjacent to an activating group) is 1. The number of rotatable bonds is 9. The van der Waals surface area contributed by atoms with Gasteiger partial charge in [0.2, 0.25) is 26.0 Å². The van der Waals surface area contributed by atoms with Crippen LogP contribution in [0.5, 0.6) is 0 Å². The fraction of sp³-hybridized carbons (Fsp3) is 0.364. The van der Waals surface area contributed by atoms with Crippen LogP contribution >= 0.6 is 0 Å². The first-order chi connectivity index (χ1) is 15.4. The highest BCUT2D eigenvalue weighted by atomic mass is 32.2. The predicted octanol–water partition coefficient (Wildman–Crippen LogP) is 2.46. The number of nitriles is 1. The summed E-state index contributed by atoms with van der Waals surface area (Å²) in [6, 6.07) is 10.2. The van der Waals surface area contributed by atoms with E-state index in [1.165, 1.54) is 41.7 Å². The zero-order valence-electron chi connectivity index (χ0n) is 19.3. The Morgan fingerprint density at radius 1 is 0.970 bits per heavy atom. The van der Waals surface area contributed by atoms with Gasteiger partial charge in [-0.15, -0.1) is 0 Å². The molecule has 0 spiro atoms. The number of nitrogens with one attached hydrogen (secondary N) is 1. The van der Waals surface area contributed by atoms with Crippen molar-refractivity contribution in [2.24, 2.45) is 0 Å². The fourth-order valence-corrected chi connectivity index (χ4v) is 5.87. The van der Waals surface area contributed by atoms with Crippen LogP contribution in [0.2, 0.25) is 0 Å². The van der Waals surface area contributed by atoms with Crippen LogP contribution in [0.15, 0.2) is 46.2 Å². The molecule has 0 saturated heterocycles. The lowest BCUT2D eigenvalue weighted by Gasteiger charge is -2.21. The van der Waals surface area contributed by atoms with Crippen molar-refractivity contribution in [3.63, 3.8) is 0 Å². The Kier molecular flexibility index (Phi) is 8.37. The third-order valence-electron chi connectivity index (χ3n) is 5.32. The Balaban J connectivity index is 2.27. The minimum absolute atomic E-state index is 0.0452. The molecule has 0 heterocycles. The van der Waals surface area contributed by atoms with E-state index < -0.39 is 32.5 Å². The number of aryl methyl sites for hydroxylation is 1. The Bertz CT molecular complexity index is 1280. The van der Waals surface area contributed by atoms with E-state index in [9.17, 15) is 21.6 Å². The van der Waals surface area contributed by atoms with E-state index in [0.717, 1.165) is 4.31 Å². The van der Waals surface area contributed by atoms with Crippen LogP contribution < -0.4 is 5.32 Å². The van der Waals surface area contributed by atoms with Crippen molar-refractivity contribution in [1.29, 1.82) is 5.26 Å². The fourth-order valence-electron chi connectivity index (χ4n) is 3.18. The van der Waals surface area contributed by atoms with Crippen LogP contribution in [0.1, 0.15) is 30.5 Å². The van der Waals surface area contributed by atoms with E-state index in [-0.39, 0.29) is 9.79 Å². The first-order valence-electron chi connectivity index (χ1n) is 10.3. The summed E-state index contributed by atoms with van der Waals surface area (Å²) in [4.78, 5) is 12.7. The Morgan fingerprint density at radius 3 is 2.06 bits per heavy atom. The molecule has 9 nitrogen and oxygen atoms in total. The summed E-state index contributed by atoms with van der Waals surface area (Å²) in [5, 5.41) is 11.5. The molecule has 1 amide bonds. The molecule has 1 N–H and O–H groups in total. The Morgan fingerprint density at radius 2 is 1.55 bits per heavy atom. The van der Waals surface area contributed by atoms with Crippen LogP contribution in [-0.4, -0.2) is 58.0 Å². The minimum atomic E-state index is -3.96. The van der Waals surface area contributed by atoms with Gasteiger partial charge in [0.25, 0.3) is 0 Å². The lowest BCUT2D eigenvalue weighted by molar-refractivity contribution is -0.116. The second kappa shape index (κ2) is 10.4. The number of anilines is 1. The van der Waals surface area contributed by atoms with E-state index in [4.69, 9.17) is 5.26 Å². The normalized spacial score (nSPS) is 12.1. The van der Waals surface area contributed by atoms with Gasteiger partial charge >= 0.3 is 0 Å². The molecule has 11 heteroatoms. The smallest absolute Gasteiger partial charge is 0.243 e. The van der Waals surface area contributed by atoms with Gasteiger partial charge in [-0.25, -0.2) is 16.8 Å². The topological polar surface area (TPSA) is 128 Å². The van der Waals surface area contributed by atoms with E-state index in [2.05, 4.69) is 5.32 Å². The molecule has 33 heavy (non-hydrogen) atoms. The minimum Gasteiger partial charge on any atom is -0.325 e. The molecule has 0 atom stereocenters. The van der Waals surface area contributed by atoms with Gasteiger partial charge in [0.15, 0.2) is 0 Å². The molecule has 0 saturated carbocycles. The van der Waals surface area contributed by atoms with E-state index in [1.54, 1.807) is 33.8 Å². The van der Waals surface area contributed by atoms with Crippen molar-refractivity contribution in [3.05, 3.63) is 53.1 Å². The number of benzene rings is 2. The zero-order valence-corrected chi connectivity index (χ0v) is 20.9. The van der Waals surface area contributed by atoms with Gasteiger partial charge in [0, 0.05) is 25.8 Å². The average molecular weight is 493 g/mol. The summed E-state index contributed by atoms with van der Waals surface area (Å²) in [6.07, 6.45) is 0. The molecule has 0 aliphatic heterocycles. The number of hydrogen-bond donors (Lipinski definition) is 1. The number of sulfonamides is 2. The molecule has 2 aromatic carbocycles. The van der Waals surface area contributed by atoms with Gasteiger partial charge in [0.1, 0.15) is 0 Å². The molecule has 0 aliphatic carbocycles. The largest absolute Gasteiger partial charge is 0.325 e. The third kappa shape index (κ3) is 5.78. The van der Waals surface area contributed by atoms with Crippen LogP contribution in [-0.2, 0) is 24.8 Å². The summed E-state index contributed by atoms with van der Waals surface area (Å²) < 4.78 is 53.5. The average Bonchev–Trinajstić information content (AvgIpc) is 2.77. The second-order valence-corrected chi connectivity index (χ2v) is 11.4. The first-order valence-corrected chi connectivity index (χ1v) is 13.1. The van der Waals surface area contributed by atoms with Crippen molar-refractivity contribution in [2.45, 2.75) is 37.5 Å². The maximum absolute atomic E-state index is 12.9. The van der Waals surface area contributed by atoms with Gasteiger partial charge in [0.05, 0.1) is 28.0 Å². The Labute approximate surface area is 195 Å². The van der Waals surface area contributed by atoms with Gasteiger partial charge in [-0.1, -0.05) is 13.8 Å². The molecule has 2 rings (SSSR count). The maximum atomic E-state index is 12.9. The molecule has 0 aliphatic rings. The molecule has 0 fully saturated rings. The van der Waals surface area contributed by atoms with Gasteiger partial charge in [-0.05, 0) is 61.4 Å². The molecule has 0 bridgehead atoms. The SMILES string of the molecule is CCN(CC)S(=O)(=O)c1cc(C)c(C)c(NC(=O)CN(C)S(=O)(=O)c2ccc(C#N)cc2)c1. The molecule has 2 aromatic rings. The third-order valence-corrected chi connectivity index (χ3v) is 9.16. The van der Waals surface area contributed by atoms with E-state index in [1.807, 2.05) is 6.07 Å². The maximum Gasteiger partial charge on any atom is 0.243 e. The molecule has 0 unspecified atom stereocenters. The number of carbonyl (C=O) groups excluding carboxylic acids is 1. The van der Waals surface area contributed by atoms with E-state index in [0.29, 0.717) is 35.5 Å². The van der Waals surface area contributed by atoms with Crippen molar-refractivity contribution in [3.8, 4) is 6.07 Å². The van der Waals surface area contributed by atoms with Crippen molar-refractivity contribution < 1.29 is 21.6 Å². The van der Waals surface area contributed by atoms with E-state index >= 15 is 0 Å². The zero-order chi connectivity index (χ0) is 25.0. The number of hydrogen-bond acceptors (Lipinski definition) is 6. The summed E-state index contributed by atoms with van der Waals surface area (Å²) in [5.41, 5.74) is 1.98. The van der Waals surface area contributed by atoms with Crippen LogP contribution in [0.3, 0.4) is 0 Å². The molecular formula is C22H28N4O5S2. The molecule has 178 valence electrons. The number of carbonyl (C=O) groups is 1. The van der Waals surface area contributed by atoms with Gasteiger partial charge in [-0.3, -0.25) is 4.79 Å². The highest BCUT2D eigenvalue weighted by molar-refractivity contribution is 7.89. The highest BCUT2D eigenvalue weighted by Crippen LogP contribution is 2.26. The lowest BCUT2D eigenvalue weighted by atomic mass is 10.1. The number of amides is 1. The number of nitrogens with zero attached hydrogens (tertiary/aromatic N) is 3. The molecule has 0 radical (unpaired) electrons. The Hall–Kier alpha value is -2.78. The summed E-state index contributed by atoms with van der Waals surface area (Å²) in [6.45, 7) is 7.12. The molecule has 0 aromatic heterocycles. The highest BCUT2D eigenvalue weighted by Gasteiger charge is 2.25. The van der Waals surface area contributed by atoms with Gasteiger partial charge < -0.3 is 5.32 Å². The predicted molar refractivity (Wildman–Crippen MR) is 126 cm³/mol. The lowest BCUT2D eigenvalue weighted by Crippen LogP contribution is -2.35. The van der Waals surface area contributed by atoms with Crippen molar-refractivity contribution >= 4 is 31.6 Å². The first kappa shape index (κ1) is 26.5. The van der Waals surface area contributed by atoms with Crippen LogP contribution in [0, 0.1) is 25.2 Å². The van der Waals surface area contributed by atoms with Gasteiger partial charge in [-0.2, -0.15) is 13.9 Å². The van der Waals surface area contributed by atoms with Crippen molar-refractivity contribution in [2.75, 3.05) is 32.0 Å². The molecular weight excluding hydrogens is 464 g/mol. The quantitative estimate of drug-likeness (QED) is 0.573. The monoisotopic (exact) mass is 492 g/mol.